The summed E-state index contributed by atoms with van der Waals surface area (Å²) in [5.41, 5.74) is 1.73. The maximum atomic E-state index is 12.3. The Balaban J connectivity index is 0.00000729. The van der Waals surface area contributed by atoms with Gasteiger partial charge in [-0.1, -0.05) is 26.0 Å². The summed E-state index contributed by atoms with van der Waals surface area (Å²) >= 11 is 0. The van der Waals surface area contributed by atoms with Crippen molar-refractivity contribution < 1.29 is 4.79 Å². The van der Waals surface area contributed by atoms with Crippen LogP contribution in [0.2, 0.25) is 0 Å². The van der Waals surface area contributed by atoms with E-state index in [1.165, 1.54) is 6.42 Å². The van der Waals surface area contributed by atoms with Crippen LogP contribution < -0.4 is 16.0 Å². The molecule has 0 radical (unpaired) electrons. The number of hydrogen-bond donors (Lipinski definition) is 3. The summed E-state index contributed by atoms with van der Waals surface area (Å²) in [6.45, 7) is 8.74. The maximum Gasteiger partial charge on any atom is 0.251 e. The van der Waals surface area contributed by atoms with E-state index in [1.807, 2.05) is 43.3 Å². The van der Waals surface area contributed by atoms with Crippen LogP contribution in [0.5, 0.6) is 0 Å². The molecule has 1 aromatic carbocycles. The molecule has 1 aromatic rings. The van der Waals surface area contributed by atoms with Gasteiger partial charge in [-0.05, 0) is 57.5 Å². The second-order valence-electron chi connectivity index (χ2n) is 7.70. The SMILES string of the molecule is CN=C(NCc1cccc(C(=O)NCCN(C)C)c1)NC(C)CCC(C)C.I. The smallest absolute Gasteiger partial charge is 0.251 e. The molecule has 0 saturated carbocycles. The number of likely N-dealkylation sites (N-methyl/N-ethyl adjacent to an activating group) is 1. The average molecular weight is 503 g/mol. The fraction of sp³-hybridized carbons (Fsp3) is 0.619. The Morgan fingerprint density at radius 2 is 1.86 bits per heavy atom. The van der Waals surface area contributed by atoms with E-state index in [1.54, 1.807) is 7.05 Å². The van der Waals surface area contributed by atoms with E-state index >= 15 is 0 Å². The molecule has 0 fully saturated rings. The number of benzene rings is 1. The number of aliphatic imine (C=N–C) groups is 1. The molecule has 0 aliphatic rings. The predicted molar refractivity (Wildman–Crippen MR) is 130 cm³/mol. The van der Waals surface area contributed by atoms with Crippen molar-refractivity contribution >= 4 is 35.8 Å². The molecule has 0 aliphatic heterocycles. The van der Waals surface area contributed by atoms with Crippen molar-refractivity contribution in [1.29, 1.82) is 0 Å². The number of rotatable bonds is 10. The van der Waals surface area contributed by atoms with Crippen LogP contribution in [0, 0.1) is 5.92 Å². The lowest BCUT2D eigenvalue weighted by Crippen LogP contribution is -2.42. The molecular formula is C21H38IN5O. The van der Waals surface area contributed by atoms with Crippen LogP contribution in [0.25, 0.3) is 0 Å². The van der Waals surface area contributed by atoms with Gasteiger partial charge in [-0.2, -0.15) is 0 Å². The zero-order chi connectivity index (χ0) is 20.2. The highest BCUT2D eigenvalue weighted by Crippen LogP contribution is 2.07. The number of carbonyl (C=O) groups excluding carboxylic acids is 1. The Morgan fingerprint density at radius 3 is 2.46 bits per heavy atom. The molecule has 160 valence electrons. The van der Waals surface area contributed by atoms with Crippen molar-refractivity contribution in [3.8, 4) is 0 Å². The highest BCUT2D eigenvalue weighted by atomic mass is 127. The van der Waals surface area contributed by atoms with E-state index < -0.39 is 0 Å². The Kier molecular flexibility index (Phi) is 13.9. The maximum absolute atomic E-state index is 12.3. The minimum atomic E-state index is -0.0384. The molecule has 0 bridgehead atoms. The largest absolute Gasteiger partial charge is 0.354 e. The Morgan fingerprint density at radius 1 is 1.14 bits per heavy atom. The van der Waals surface area contributed by atoms with Crippen molar-refractivity contribution in [3.05, 3.63) is 35.4 Å². The molecule has 1 amide bonds. The molecule has 1 unspecified atom stereocenters. The van der Waals surface area contributed by atoms with E-state index in [0.717, 1.165) is 24.5 Å². The van der Waals surface area contributed by atoms with Gasteiger partial charge in [-0.25, -0.2) is 0 Å². The van der Waals surface area contributed by atoms with Gasteiger partial charge in [0.15, 0.2) is 5.96 Å². The molecule has 0 aliphatic carbocycles. The lowest BCUT2D eigenvalue weighted by molar-refractivity contribution is 0.0951. The molecule has 0 spiro atoms. The van der Waals surface area contributed by atoms with Crippen LogP contribution in [0.1, 0.15) is 49.5 Å². The van der Waals surface area contributed by atoms with Crippen LogP contribution in [0.3, 0.4) is 0 Å². The van der Waals surface area contributed by atoms with E-state index in [0.29, 0.717) is 30.6 Å². The molecule has 0 aromatic heterocycles. The van der Waals surface area contributed by atoms with Crippen LogP contribution >= 0.6 is 24.0 Å². The summed E-state index contributed by atoms with van der Waals surface area (Å²) in [5, 5.41) is 9.70. The molecule has 7 heteroatoms. The summed E-state index contributed by atoms with van der Waals surface area (Å²) in [6, 6.07) is 8.06. The first-order valence-corrected chi connectivity index (χ1v) is 9.80. The van der Waals surface area contributed by atoms with Gasteiger partial charge in [-0.3, -0.25) is 9.79 Å². The Bertz CT molecular complexity index is 604. The fourth-order valence-electron chi connectivity index (χ4n) is 2.59. The van der Waals surface area contributed by atoms with Gasteiger partial charge in [0.2, 0.25) is 0 Å². The minimum Gasteiger partial charge on any atom is -0.354 e. The third-order valence-electron chi connectivity index (χ3n) is 4.28. The highest BCUT2D eigenvalue weighted by molar-refractivity contribution is 14.0. The second-order valence-corrected chi connectivity index (χ2v) is 7.70. The van der Waals surface area contributed by atoms with Crippen molar-refractivity contribution in [2.24, 2.45) is 10.9 Å². The van der Waals surface area contributed by atoms with E-state index in [4.69, 9.17) is 0 Å². The van der Waals surface area contributed by atoms with Gasteiger partial charge in [0.05, 0.1) is 0 Å². The zero-order valence-electron chi connectivity index (χ0n) is 18.2. The number of hydrogen-bond acceptors (Lipinski definition) is 3. The quantitative estimate of drug-likeness (QED) is 0.261. The number of nitrogens with one attached hydrogen (secondary N) is 3. The molecular weight excluding hydrogens is 465 g/mol. The molecule has 0 saturated heterocycles. The predicted octanol–water partition coefficient (Wildman–Crippen LogP) is 3.09. The first-order valence-electron chi connectivity index (χ1n) is 9.80. The van der Waals surface area contributed by atoms with Gasteiger partial charge in [0, 0.05) is 38.3 Å². The van der Waals surface area contributed by atoms with E-state index in [9.17, 15) is 4.79 Å². The van der Waals surface area contributed by atoms with Gasteiger partial charge >= 0.3 is 0 Å². The highest BCUT2D eigenvalue weighted by Gasteiger charge is 2.08. The van der Waals surface area contributed by atoms with Crippen molar-refractivity contribution in [3.63, 3.8) is 0 Å². The van der Waals surface area contributed by atoms with Gasteiger partial charge in [0.1, 0.15) is 0 Å². The summed E-state index contributed by atoms with van der Waals surface area (Å²) in [7, 11) is 5.76. The zero-order valence-corrected chi connectivity index (χ0v) is 20.5. The molecule has 6 nitrogen and oxygen atoms in total. The summed E-state index contributed by atoms with van der Waals surface area (Å²) in [6.07, 6.45) is 2.30. The fourth-order valence-corrected chi connectivity index (χ4v) is 2.59. The summed E-state index contributed by atoms with van der Waals surface area (Å²) < 4.78 is 0. The topological polar surface area (TPSA) is 68.8 Å². The first-order chi connectivity index (χ1) is 12.8. The van der Waals surface area contributed by atoms with Gasteiger partial charge in [-0.15, -0.1) is 24.0 Å². The standard InChI is InChI=1S/C21H37N5O.HI/c1-16(2)10-11-17(3)25-21(22-4)24-15-18-8-7-9-19(14-18)20(27)23-12-13-26(5)6;/h7-9,14,16-17H,10-13,15H2,1-6H3,(H,23,27)(H2,22,24,25);1H. The molecule has 1 atom stereocenters. The van der Waals surface area contributed by atoms with Crippen LogP contribution in [-0.2, 0) is 6.54 Å². The molecule has 3 N–H and O–H groups in total. The van der Waals surface area contributed by atoms with Crippen molar-refractivity contribution in [1.82, 2.24) is 20.9 Å². The Labute approximate surface area is 188 Å². The lowest BCUT2D eigenvalue weighted by Gasteiger charge is -2.19. The van der Waals surface area contributed by atoms with E-state index in [2.05, 4.69) is 41.7 Å². The van der Waals surface area contributed by atoms with Gasteiger partial charge < -0.3 is 20.9 Å². The average Bonchev–Trinajstić information content (AvgIpc) is 2.63. The molecule has 28 heavy (non-hydrogen) atoms. The third-order valence-corrected chi connectivity index (χ3v) is 4.28. The monoisotopic (exact) mass is 503 g/mol. The molecule has 0 heterocycles. The number of amides is 1. The van der Waals surface area contributed by atoms with E-state index in [-0.39, 0.29) is 29.9 Å². The van der Waals surface area contributed by atoms with Gasteiger partial charge in [0.25, 0.3) is 5.91 Å². The minimum absolute atomic E-state index is 0. The first kappa shape index (κ1) is 26.6. The number of nitrogens with zero attached hydrogens (tertiary/aromatic N) is 2. The van der Waals surface area contributed by atoms with Crippen LogP contribution in [0.4, 0.5) is 0 Å². The molecule has 1 rings (SSSR count). The van der Waals surface area contributed by atoms with Crippen LogP contribution in [0.15, 0.2) is 29.3 Å². The second kappa shape index (κ2) is 14.6. The summed E-state index contributed by atoms with van der Waals surface area (Å²) in [4.78, 5) is 18.6. The van der Waals surface area contributed by atoms with Crippen molar-refractivity contribution in [2.75, 3.05) is 34.2 Å². The number of carbonyl (C=O) groups is 1. The number of guanidine groups is 1. The third kappa shape index (κ3) is 11.5. The Hall–Kier alpha value is -1.35. The van der Waals surface area contributed by atoms with Crippen LogP contribution in [-0.4, -0.2) is 57.0 Å². The summed E-state index contributed by atoms with van der Waals surface area (Å²) in [5.74, 6) is 1.45. The normalized spacial score (nSPS) is 12.5. The van der Waals surface area contributed by atoms with Crippen molar-refractivity contribution in [2.45, 2.75) is 46.2 Å². The lowest BCUT2D eigenvalue weighted by atomic mass is 10.0. The number of halogens is 1.